The Morgan fingerprint density at radius 1 is 0.878 bits per heavy atom. The number of rotatable bonds is 19. The fourth-order valence-electron chi connectivity index (χ4n) is 4.81. The maximum atomic E-state index is 12.4. The molecule has 224 valence electrons. The summed E-state index contributed by atoms with van der Waals surface area (Å²) in [5, 5.41) is 0.800. The highest BCUT2D eigenvalue weighted by molar-refractivity contribution is 5.79. The van der Waals surface area contributed by atoms with Crippen LogP contribution in [0, 0.1) is 11.3 Å². The SMILES string of the molecule is CC(C)CCC(C)(C)C(=O)OCCCCCCCCCCCCOc1ccc(-c2cc3cccnc3oc2=O)cc1. The standard InChI is InChI=1S/C35H49NO5/c1-27(2)21-22-35(3,4)34(38)40-25-14-12-10-8-6-5-7-9-11-13-24-39-30-19-17-28(18-20-30)31-26-29-16-15-23-36-32(29)41-33(31)37/h15-20,23,26-27H,5-14,21-22,24-25H2,1-4H3. The molecule has 6 heteroatoms. The molecule has 3 aromatic rings. The number of esters is 1. The molecule has 0 saturated heterocycles. The number of ether oxygens (including phenoxy) is 2. The zero-order valence-corrected chi connectivity index (χ0v) is 25.6. The molecule has 0 saturated carbocycles. The lowest BCUT2D eigenvalue weighted by Gasteiger charge is -2.23. The van der Waals surface area contributed by atoms with Gasteiger partial charge in [-0.3, -0.25) is 4.79 Å². The molecule has 41 heavy (non-hydrogen) atoms. The number of benzene rings is 1. The highest BCUT2D eigenvalue weighted by Crippen LogP contribution is 2.27. The molecule has 0 spiro atoms. The van der Waals surface area contributed by atoms with Crippen molar-refractivity contribution >= 4 is 17.1 Å². The van der Waals surface area contributed by atoms with Gasteiger partial charge in [0.25, 0.3) is 0 Å². The Kier molecular flexibility index (Phi) is 13.4. The van der Waals surface area contributed by atoms with E-state index in [4.69, 9.17) is 13.9 Å². The van der Waals surface area contributed by atoms with Crippen LogP contribution >= 0.6 is 0 Å². The van der Waals surface area contributed by atoms with Gasteiger partial charge in [0.2, 0.25) is 5.71 Å². The van der Waals surface area contributed by atoms with Crippen LogP contribution < -0.4 is 10.4 Å². The van der Waals surface area contributed by atoms with E-state index in [1.165, 1.54) is 44.9 Å². The molecular formula is C35H49NO5. The number of pyridine rings is 1. The first-order valence-electron chi connectivity index (χ1n) is 15.6. The van der Waals surface area contributed by atoms with E-state index >= 15 is 0 Å². The molecular weight excluding hydrogens is 514 g/mol. The molecule has 6 nitrogen and oxygen atoms in total. The van der Waals surface area contributed by atoms with Crippen molar-refractivity contribution in [3.63, 3.8) is 0 Å². The van der Waals surface area contributed by atoms with Crippen LogP contribution in [0.1, 0.15) is 105 Å². The summed E-state index contributed by atoms with van der Waals surface area (Å²) in [6.07, 6.45) is 15.4. The Bertz CT molecular complexity index is 1250. The fraction of sp³-hybridized carbons (Fsp3) is 0.571. The van der Waals surface area contributed by atoms with Crippen molar-refractivity contribution in [3.8, 4) is 16.9 Å². The predicted molar refractivity (Wildman–Crippen MR) is 166 cm³/mol. The monoisotopic (exact) mass is 563 g/mol. The second-order valence-electron chi connectivity index (χ2n) is 12.2. The summed E-state index contributed by atoms with van der Waals surface area (Å²) < 4.78 is 16.8. The Morgan fingerprint density at radius 2 is 1.49 bits per heavy atom. The van der Waals surface area contributed by atoms with Gasteiger partial charge in [0.1, 0.15) is 5.75 Å². The van der Waals surface area contributed by atoms with Crippen LogP contribution in [-0.4, -0.2) is 24.2 Å². The van der Waals surface area contributed by atoms with Gasteiger partial charge in [-0.25, -0.2) is 9.78 Å². The summed E-state index contributed by atoms with van der Waals surface area (Å²) in [6.45, 7) is 9.63. The van der Waals surface area contributed by atoms with E-state index in [1.807, 2.05) is 56.3 Å². The molecule has 0 bridgehead atoms. The van der Waals surface area contributed by atoms with Gasteiger partial charge in [-0.1, -0.05) is 77.3 Å². The summed E-state index contributed by atoms with van der Waals surface area (Å²) in [4.78, 5) is 28.8. The molecule has 3 rings (SSSR count). The Morgan fingerprint density at radius 3 is 2.12 bits per heavy atom. The van der Waals surface area contributed by atoms with Crippen LogP contribution in [0.3, 0.4) is 0 Å². The number of hydrogen-bond acceptors (Lipinski definition) is 6. The first-order valence-corrected chi connectivity index (χ1v) is 15.6. The minimum Gasteiger partial charge on any atom is -0.494 e. The third kappa shape index (κ3) is 11.3. The third-order valence-corrected chi connectivity index (χ3v) is 7.61. The smallest absolute Gasteiger partial charge is 0.345 e. The largest absolute Gasteiger partial charge is 0.494 e. The Hall–Kier alpha value is -3.15. The highest BCUT2D eigenvalue weighted by atomic mass is 16.5. The van der Waals surface area contributed by atoms with Crippen LogP contribution in [0.25, 0.3) is 22.2 Å². The molecule has 0 atom stereocenters. The van der Waals surface area contributed by atoms with Crippen LogP contribution in [0.2, 0.25) is 0 Å². The van der Waals surface area contributed by atoms with Crippen LogP contribution in [0.15, 0.2) is 57.9 Å². The molecule has 1 aromatic carbocycles. The van der Waals surface area contributed by atoms with Gasteiger partial charge in [-0.15, -0.1) is 0 Å². The van der Waals surface area contributed by atoms with E-state index in [0.29, 0.717) is 30.4 Å². The lowest BCUT2D eigenvalue weighted by molar-refractivity contribution is -0.154. The second kappa shape index (κ2) is 17.0. The zero-order valence-electron chi connectivity index (χ0n) is 25.6. The lowest BCUT2D eigenvalue weighted by Crippen LogP contribution is -2.27. The summed E-state index contributed by atoms with van der Waals surface area (Å²) in [7, 11) is 0. The van der Waals surface area contributed by atoms with Gasteiger partial charge in [0.05, 0.1) is 24.2 Å². The number of carbonyl (C=O) groups excluding carboxylic acids is 1. The lowest BCUT2D eigenvalue weighted by atomic mass is 9.85. The summed E-state index contributed by atoms with van der Waals surface area (Å²) in [6, 6.07) is 13.1. The quantitative estimate of drug-likeness (QED) is 0.107. The molecule has 0 aliphatic rings. The van der Waals surface area contributed by atoms with E-state index in [9.17, 15) is 9.59 Å². The van der Waals surface area contributed by atoms with Crippen molar-refractivity contribution in [1.82, 2.24) is 4.98 Å². The third-order valence-electron chi connectivity index (χ3n) is 7.61. The minimum atomic E-state index is -0.389. The molecule has 2 heterocycles. The van der Waals surface area contributed by atoms with Crippen molar-refractivity contribution in [2.75, 3.05) is 13.2 Å². The van der Waals surface area contributed by atoms with Crippen molar-refractivity contribution in [2.24, 2.45) is 11.3 Å². The maximum absolute atomic E-state index is 12.4. The zero-order chi connectivity index (χ0) is 29.5. The van der Waals surface area contributed by atoms with Crippen LogP contribution in [0.5, 0.6) is 5.75 Å². The van der Waals surface area contributed by atoms with Crippen molar-refractivity contribution in [2.45, 2.75) is 105 Å². The highest BCUT2D eigenvalue weighted by Gasteiger charge is 2.29. The number of hydrogen-bond donors (Lipinski definition) is 0. The number of aromatic nitrogens is 1. The van der Waals surface area contributed by atoms with Gasteiger partial charge < -0.3 is 13.9 Å². The van der Waals surface area contributed by atoms with Crippen LogP contribution in [-0.2, 0) is 9.53 Å². The topological polar surface area (TPSA) is 78.6 Å². The van der Waals surface area contributed by atoms with E-state index in [-0.39, 0.29) is 17.0 Å². The van der Waals surface area contributed by atoms with E-state index in [0.717, 1.165) is 48.8 Å². The molecule has 0 aliphatic heterocycles. The molecule has 0 amide bonds. The Balaban J connectivity index is 1.17. The number of unbranched alkanes of at least 4 members (excludes halogenated alkanes) is 9. The van der Waals surface area contributed by atoms with E-state index < -0.39 is 0 Å². The molecule has 0 N–H and O–H groups in total. The summed E-state index contributed by atoms with van der Waals surface area (Å²) >= 11 is 0. The van der Waals surface area contributed by atoms with Crippen molar-refractivity contribution in [1.29, 1.82) is 0 Å². The summed E-state index contributed by atoms with van der Waals surface area (Å²) in [5.41, 5.74) is 0.913. The normalized spacial score (nSPS) is 11.7. The van der Waals surface area contributed by atoms with Gasteiger partial charge in [-0.2, -0.15) is 0 Å². The van der Waals surface area contributed by atoms with Crippen molar-refractivity contribution in [3.05, 3.63) is 59.1 Å². The number of nitrogens with zero attached hydrogens (tertiary/aromatic N) is 1. The van der Waals surface area contributed by atoms with Crippen molar-refractivity contribution < 1.29 is 18.7 Å². The fourth-order valence-corrected chi connectivity index (χ4v) is 4.81. The number of carbonyl (C=O) groups is 1. The maximum Gasteiger partial charge on any atom is 0.345 e. The predicted octanol–water partition coefficient (Wildman–Crippen LogP) is 9.14. The molecule has 0 aliphatic carbocycles. The Labute approximate surface area is 245 Å². The molecule has 2 aromatic heterocycles. The molecule has 0 fully saturated rings. The van der Waals surface area contributed by atoms with Crippen LogP contribution in [0.4, 0.5) is 0 Å². The molecule has 0 unspecified atom stereocenters. The van der Waals surface area contributed by atoms with Gasteiger partial charge in [0, 0.05) is 11.6 Å². The van der Waals surface area contributed by atoms with Gasteiger partial charge in [0.15, 0.2) is 0 Å². The second-order valence-corrected chi connectivity index (χ2v) is 12.2. The summed E-state index contributed by atoms with van der Waals surface area (Å²) in [5.74, 6) is 1.37. The molecule has 0 radical (unpaired) electrons. The van der Waals surface area contributed by atoms with E-state index in [2.05, 4.69) is 18.8 Å². The first-order chi connectivity index (χ1) is 19.8. The van der Waals surface area contributed by atoms with Gasteiger partial charge >= 0.3 is 11.6 Å². The average molecular weight is 564 g/mol. The minimum absolute atomic E-state index is 0.0490. The first kappa shape index (κ1) is 32.4. The number of fused-ring (bicyclic) bond motifs is 1. The average Bonchev–Trinajstić information content (AvgIpc) is 2.96. The van der Waals surface area contributed by atoms with Gasteiger partial charge in [-0.05, 0) is 81.3 Å². The van der Waals surface area contributed by atoms with E-state index in [1.54, 1.807) is 6.20 Å².